The van der Waals surface area contributed by atoms with Crippen LogP contribution < -0.4 is 0 Å². The van der Waals surface area contributed by atoms with Gasteiger partial charge in [-0.05, 0) is 5.56 Å². The maximum Gasteiger partial charge on any atom is 0.0483 e. The Morgan fingerprint density at radius 3 is 2.44 bits per heavy atom. The van der Waals surface area contributed by atoms with Gasteiger partial charge in [-0.1, -0.05) is 44.2 Å². The van der Waals surface area contributed by atoms with Crippen molar-refractivity contribution < 1.29 is 5.11 Å². The number of hydrogen-bond acceptors (Lipinski definition) is 2. The summed E-state index contributed by atoms with van der Waals surface area (Å²) in [5.74, 6) is 0.506. The topological polar surface area (TPSA) is 23.5 Å². The Bertz CT molecular complexity index is 328. The van der Waals surface area contributed by atoms with E-state index in [9.17, 15) is 0 Å². The van der Waals surface area contributed by atoms with Crippen LogP contribution in [0.4, 0.5) is 0 Å². The maximum atomic E-state index is 8.99. The molecule has 1 saturated heterocycles. The first-order chi connectivity index (χ1) is 7.62. The SMILES string of the molecule is CC(C)(CN1CC(CO)C1)c1ccccc1. The molecule has 0 amide bonds. The molecule has 1 aliphatic rings. The minimum Gasteiger partial charge on any atom is -0.396 e. The third kappa shape index (κ3) is 2.45. The van der Waals surface area contributed by atoms with Gasteiger partial charge in [-0.2, -0.15) is 0 Å². The molecule has 0 unspecified atom stereocenters. The lowest BCUT2D eigenvalue weighted by atomic mass is 9.82. The smallest absolute Gasteiger partial charge is 0.0483 e. The van der Waals surface area contributed by atoms with Crippen LogP contribution in [0.1, 0.15) is 19.4 Å². The van der Waals surface area contributed by atoms with Crippen LogP contribution in [-0.2, 0) is 5.41 Å². The van der Waals surface area contributed by atoms with Crippen LogP contribution in [0.5, 0.6) is 0 Å². The van der Waals surface area contributed by atoms with E-state index in [1.54, 1.807) is 0 Å². The van der Waals surface area contributed by atoms with E-state index in [0.717, 1.165) is 19.6 Å². The first kappa shape index (κ1) is 11.6. The predicted octanol–water partition coefficient (Wildman–Crippen LogP) is 1.89. The second-order valence-electron chi connectivity index (χ2n) is 5.49. The van der Waals surface area contributed by atoms with E-state index in [4.69, 9.17) is 5.11 Å². The van der Waals surface area contributed by atoms with Crippen LogP contribution in [0.25, 0.3) is 0 Å². The Labute approximate surface area is 97.9 Å². The largest absolute Gasteiger partial charge is 0.396 e. The zero-order valence-electron chi connectivity index (χ0n) is 10.2. The van der Waals surface area contributed by atoms with E-state index in [0.29, 0.717) is 12.5 Å². The molecule has 0 spiro atoms. The fourth-order valence-corrected chi connectivity index (χ4v) is 2.46. The highest BCUT2D eigenvalue weighted by molar-refractivity contribution is 5.24. The second kappa shape index (κ2) is 4.56. The van der Waals surface area contributed by atoms with Gasteiger partial charge in [0.05, 0.1) is 0 Å². The van der Waals surface area contributed by atoms with Crippen molar-refractivity contribution in [2.75, 3.05) is 26.2 Å². The number of hydrogen-bond donors (Lipinski definition) is 1. The Morgan fingerprint density at radius 1 is 1.25 bits per heavy atom. The number of benzene rings is 1. The minimum atomic E-state index is 0.196. The molecule has 2 heteroatoms. The van der Waals surface area contributed by atoms with Gasteiger partial charge in [-0.15, -0.1) is 0 Å². The van der Waals surface area contributed by atoms with Gasteiger partial charge in [-0.3, -0.25) is 0 Å². The van der Waals surface area contributed by atoms with Crippen LogP contribution in [-0.4, -0.2) is 36.2 Å². The lowest BCUT2D eigenvalue weighted by Crippen LogP contribution is -2.52. The lowest BCUT2D eigenvalue weighted by Gasteiger charge is -2.43. The van der Waals surface area contributed by atoms with Crippen molar-refractivity contribution in [1.29, 1.82) is 0 Å². The van der Waals surface area contributed by atoms with Crippen molar-refractivity contribution in [2.45, 2.75) is 19.3 Å². The molecule has 0 aromatic heterocycles. The Balaban J connectivity index is 1.94. The highest BCUT2D eigenvalue weighted by Gasteiger charge is 2.31. The third-order valence-electron chi connectivity index (χ3n) is 3.47. The van der Waals surface area contributed by atoms with Crippen LogP contribution in [0, 0.1) is 5.92 Å². The van der Waals surface area contributed by atoms with E-state index in [2.05, 4.69) is 49.1 Å². The number of likely N-dealkylation sites (tertiary alicyclic amines) is 1. The van der Waals surface area contributed by atoms with Gasteiger partial charge < -0.3 is 10.0 Å². The molecule has 1 aromatic carbocycles. The highest BCUT2D eigenvalue weighted by Crippen LogP contribution is 2.27. The van der Waals surface area contributed by atoms with Gasteiger partial charge in [-0.25, -0.2) is 0 Å². The zero-order valence-corrected chi connectivity index (χ0v) is 10.2. The summed E-state index contributed by atoms with van der Waals surface area (Å²) in [6.45, 7) is 8.08. The van der Waals surface area contributed by atoms with Crippen molar-refractivity contribution in [3.63, 3.8) is 0 Å². The molecule has 1 fully saturated rings. The van der Waals surface area contributed by atoms with Crippen molar-refractivity contribution in [2.24, 2.45) is 5.92 Å². The molecule has 0 radical (unpaired) electrons. The molecule has 0 saturated carbocycles. The van der Waals surface area contributed by atoms with E-state index >= 15 is 0 Å². The van der Waals surface area contributed by atoms with E-state index in [1.165, 1.54) is 5.56 Å². The van der Waals surface area contributed by atoms with Gasteiger partial charge in [0.25, 0.3) is 0 Å². The fourth-order valence-electron chi connectivity index (χ4n) is 2.46. The van der Waals surface area contributed by atoms with Gasteiger partial charge in [0, 0.05) is 37.6 Å². The molecule has 0 atom stereocenters. The van der Waals surface area contributed by atoms with E-state index in [-0.39, 0.29) is 5.41 Å². The number of nitrogens with zero attached hydrogens (tertiary/aromatic N) is 1. The normalized spacial score (nSPS) is 18.4. The first-order valence-corrected chi connectivity index (χ1v) is 6.00. The first-order valence-electron chi connectivity index (χ1n) is 6.00. The Kier molecular flexibility index (Phi) is 3.31. The summed E-state index contributed by atoms with van der Waals surface area (Å²) < 4.78 is 0. The summed E-state index contributed by atoms with van der Waals surface area (Å²) >= 11 is 0. The standard InChI is InChI=1S/C14H21NO/c1-14(2,13-6-4-3-5-7-13)11-15-8-12(9-15)10-16/h3-7,12,16H,8-11H2,1-2H3. The number of aliphatic hydroxyl groups excluding tert-OH is 1. The third-order valence-corrected chi connectivity index (χ3v) is 3.47. The van der Waals surface area contributed by atoms with Crippen molar-refractivity contribution in [3.8, 4) is 0 Å². The van der Waals surface area contributed by atoms with Gasteiger partial charge in [0.1, 0.15) is 0 Å². The summed E-state index contributed by atoms with van der Waals surface area (Å²) in [4.78, 5) is 2.42. The van der Waals surface area contributed by atoms with Gasteiger partial charge in [0.2, 0.25) is 0 Å². The Morgan fingerprint density at radius 2 is 1.88 bits per heavy atom. The van der Waals surface area contributed by atoms with Crippen LogP contribution in [0.3, 0.4) is 0 Å². The molecular weight excluding hydrogens is 198 g/mol. The number of rotatable bonds is 4. The van der Waals surface area contributed by atoms with Gasteiger partial charge >= 0.3 is 0 Å². The second-order valence-corrected chi connectivity index (χ2v) is 5.49. The maximum absolute atomic E-state index is 8.99. The summed E-state index contributed by atoms with van der Waals surface area (Å²) in [5, 5.41) is 8.99. The van der Waals surface area contributed by atoms with Crippen molar-refractivity contribution in [3.05, 3.63) is 35.9 Å². The van der Waals surface area contributed by atoms with E-state index in [1.807, 2.05) is 0 Å². The molecule has 88 valence electrons. The summed E-state index contributed by atoms with van der Waals surface area (Å²) in [7, 11) is 0. The molecule has 0 aliphatic carbocycles. The average molecular weight is 219 g/mol. The molecule has 1 aromatic rings. The van der Waals surface area contributed by atoms with E-state index < -0.39 is 0 Å². The zero-order chi connectivity index (χ0) is 11.6. The summed E-state index contributed by atoms with van der Waals surface area (Å²) in [6, 6.07) is 10.7. The molecule has 2 nitrogen and oxygen atoms in total. The molecule has 16 heavy (non-hydrogen) atoms. The quantitative estimate of drug-likeness (QED) is 0.836. The van der Waals surface area contributed by atoms with Gasteiger partial charge in [0.15, 0.2) is 0 Å². The fraction of sp³-hybridized carbons (Fsp3) is 0.571. The van der Waals surface area contributed by atoms with Crippen LogP contribution in [0.2, 0.25) is 0 Å². The number of aliphatic hydroxyl groups is 1. The molecule has 1 N–H and O–H groups in total. The summed E-state index contributed by atoms with van der Waals surface area (Å²) in [5.41, 5.74) is 1.59. The lowest BCUT2D eigenvalue weighted by molar-refractivity contribution is 0.0397. The van der Waals surface area contributed by atoms with Crippen LogP contribution in [0.15, 0.2) is 30.3 Å². The van der Waals surface area contributed by atoms with Crippen molar-refractivity contribution in [1.82, 2.24) is 4.90 Å². The van der Waals surface area contributed by atoms with Crippen molar-refractivity contribution >= 4 is 0 Å². The Hall–Kier alpha value is -0.860. The minimum absolute atomic E-state index is 0.196. The van der Waals surface area contributed by atoms with Crippen LogP contribution >= 0.6 is 0 Å². The monoisotopic (exact) mass is 219 g/mol. The molecule has 1 aliphatic heterocycles. The molecular formula is C14H21NO. The molecule has 0 bridgehead atoms. The summed E-state index contributed by atoms with van der Waals surface area (Å²) in [6.07, 6.45) is 0. The molecule has 1 heterocycles. The highest BCUT2D eigenvalue weighted by atomic mass is 16.3. The average Bonchev–Trinajstić information content (AvgIpc) is 2.24. The molecule has 2 rings (SSSR count). The predicted molar refractivity (Wildman–Crippen MR) is 66.5 cm³/mol.